The van der Waals surface area contributed by atoms with Crippen LogP contribution in [0.4, 0.5) is 0 Å². The normalized spacial score (nSPS) is 11.4. The van der Waals surface area contributed by atoms with Crippen molar-refractivity contribution in [1.29, 1.82) is 5.26 Å². The molecule has 0 fully saturated rings. The minimum absolute atomic E-state index is 0.125. The summed E-state index contributed by atoms with van der Waals surface area (Å²) in [5.41, 5.74) is 1.96. The van der Waals surface area contributed by atoms with Crippen LogP contribution in [0.5, 0.6) is 11.6 Å². The van der Waals surface area contributed by atoms with Gasteiger partial charge in [0, 0.05) is 14.1 Å². The van der Waals surface area contributed by atoms with Crippen LogP contribution in [0.25, 0.3) is 0 Å². The lowest BCUT2D eigenvalue weighted by Gasteiger charge is -2.13. The Hall–Kier alpha value is -2.50. The summed E-state index contributed by atoms with van der Waals surface area (Å²) in [4.78, 5) is 0.159. The van der Waals surface area contributed by atoms with Crippen molar-refractivity contribution in [3.05, 3.63) is 41.1 Å². The van der Waals surface area contributed by atoms with Gasteiger partial charge in [-0.1, -0.05) is 13.8 Å². The van der Waals surface area contributed by atoms with Crippen molar-refractivity contribution in [3.8, 4) is 17.7 Å². The van der Waals surface area contributed by atoms with E-state index in [-0.39, 0.29) is 10.8 Å². The van der Waals surface area contributed by atoms with Gasteiger partial charge in [0.15, 0.2) is 0 Å². The molecule has 0 unspecified atom stereocenters. The second-order valence-corrected chi connectivity index (χ2v) is 7.64. The maximum atomic E-state index is 12.1. The van der Waals surface area contributed by atoms with E-state index in [1.54, 1.807) is 0 Å². The van der Waals surface area contributed by atoms with Crippen LogP contribution in [0, 0.1) is 11.3 Å². The monoisotopic (exact) mass is 360 g/mol. The topological polar surface area (TPSA) is 96.2 Å². The SMILES string of the molecule is CCc1nnc(Oc2ccc(S(=O)(=O)N(C)C)cc2)c(C#N)c1CC. The first-order valence-electron chi connectivity index (χ1n) is 7.84. The summed E-state index contributed by atoms with van der Waals surface area (Å²) in [6.45, 7) is 3.90. The van der Waals surface area contributed by atoms with Gasteiger partial charge in [-0.15, -0.1) is 5.10 Å². The van der Waals surface area contributed by atoms with Gasteiger partial charge in [-0.25, -0.2) is 12.7 Å². The van der Waals surface area contributed by atoms with E-state index < -0.39 is 10.0 Å². The Labute approximate surface area is 147 Å². The number of hydrogen-bond acceptors (Lipinski definition) is 6. The van der Waals surface area contributed by atoms with E-state index in [1.807, 2.05) is 13.8 Å². The molecule has 0 atom stereocenters. The first-order chi connectivity index (χ1) is 11.8. The molecule has 2 rings (SSSR count). The summed E-state index contributed by atoms with van der Waals surface area (Å²) in [6.07, 6.45) is 1.33. The highest BCUT2D eigenvalue weighted by atomic mass is 32.2. The first-order valence-corrected chi connectivity index (χ1v) is 9.28. The number of aromatic nitrogens is 2. The maximum Gasteiger partial charge on any atom is 0.257 e. The Morgan fingerprint density at radius 2 is 1.76 bits per heavy atom. The molecule has 1 aromatic heterocycles. The van der Waals surface area contributed by atoms with Crippen molar-refractivity contribution < 1.29 is 13.2 Å². The summed E-state index contributed by atoms with van der Waals surface area (Å²) < 4.78 is 31.0. The third-order valence-electron chi connectivity index (χ3n) is 3.74. The predicted molar refractivity (Wildman–Crippen MR) is 92.9 cm³/mol. The van der Waals surface area contributed by atoms with Gasteiger partial charge >= 0.3 is 0 Å². The van der Waals surface area contributed by atoms with Gasteiger partial charge in [0.25, 0.3) is 5.88 Å². The molecule has 7 nitrogen and oxygen atoms in total. The van der Waals surface area contributed by atoms with E-state index in [1.165, 1.54) is 38.4 Å². The molecule has 0 N–H and O–H groups in total. The average Bonchev–Trinajstić information content (AvgIpc) is 2.61. The summed E-state index contributed by atoms with van der Waals surface area (Å²) in [7, 11) is -0.565. The van der Waals surface area contributed by atoms with Crippen LogP contribution in [0.3, 0.4) is 0 Å². The molecular weight excluding hydrogens is 340 g/mol. The van der Waals surface area contributed by atoms with E-state index >= 15 is 0 Å². The quantitative estimate of drug-likeness (QED) is 0.785. The highest BCUT2D eigenvalue weighted by Crippen LogP contribution is 2.27. The molecule has 0 aliphatic heterocycles. The van der Waals surface area contributed by atoms with Crippen molar-refractivity contribution in [1.82, 2.24) is 14.5 Å². The first kappa shape index (κ1) is 18.8. The van der Waals surface area contributed by atoms with Crippen LogP contribution >= 0.6 is 0 Å². The summed E-state index contributed by atoms with van der Waals surface area (Å²) in [6, 6.07) is 8.08. The molecule has 0 radical (unpaired) electrons. The largest absolute Gasteiger partial charge is 0.437 e. The predicted octanol–water partition coefficient (Wildman–Crippen LogP) is 2.52. The zero-order chi connectivity index (χ0) is 18.6. The Balaban J connectivity index is 2.37. The van der Waals surface area contributed by atoms with E-state index in [4.69, 9.17) is 4.74 Å². The molecular formula is C17H20N4O3S. The van der Waals surface area contributed by atoms with E-state index in [2.05, 4.69) is 16.3 Å². The third kappa shape index (κ3) is 3.78. The van der Waals surface area contributed by atoms with Gasteiger partial charge in [0.05, 0.1) is 10.6 Å². The van der Waals surface area contributed by atoms with Gasteiger partial charge < -0.3 is 4.74 Å². The highest BCUT2D eigenvalue weighted by molar-refractivity contribution is 7.89. The van der Waals surface area contributed by atoms with Gasteiger partial charge in [-0.3, -0.25) is 0 Å². The minimum Gasteiger partial charge on any atom is -0.437 e. The van der Waals surface area contributed by atoms with Crippen molar-refractivity contribution in [2.45, 2.75) is 31.6 Å². The van der Waals surface area contributed by atoms with Crippen LogP contribution < -0.4 is 4.74 Å². The van der Waals surface area contributed by atoms with Crippen LogP contribution in [-0.4, -0.2) is 37.0 Å². The number of aryl methyl sites for hydroxylation is 1. The lowest BCUT2D eigenvalue weighted by Crippen LogP contribution is -2.22. The molecule has 8 heteroatoms. The molecule has 132 valence electrons. The van der Waals surface area contributed by atoms with E-state index in [0.29, 0.717) is 24.2 Å². The number of sulfonamides is 1. The Kier molecular flexibility index (Phi) is 5.72. The average molecular weight is 360 g/mol. The molecule has 0 saturated heterocycles. The fourth-order valence-electron chi connectivity index (χ4n) is 2.34. The second-order valence-electron chi connectivity index (χ2n) is 5.49. The van der Waals surface area contributed by atoms with Crippen LogP contribution in [0.15, 0.2) is 29.2 Å². The van der Waals surface area contributed by atoms with Gasteiger partial charge in [0.2, 0.25) is 10.0 Å². The number of nitriles is 1. The second kappa shape index (κ2) is 7.59. The number of ether oxygens (including phenoxy) is 1. The van der Waals surface area contributed by atoms with Crippen LogP contribution in [-0.2, 0) is 22.9 Å². The number of benzene rings is 1. The number of rotatable bonds is 6. The van der Waals surface area contributed by atoms with Gasteiger partial charge in [0.1, 0.15) is 17.4 Å². The molecule has 2 aromatic rings. The Morgan fingerprint density at radius 1 is 1.12 bits per heavy atom. The number of hydrogen-bond donors (Lipinski definition) is 0. The van der Waals surface area contributed by atoms with Crippen molar-refractivity contribution in [2.24, 2.45) is 0 Å². The molecule has 0 spiro atoms. The molecule has 25 heavy (non-hydrogen) atoms. The Morgan fingerprint density at radius 3 is 2.24 bits per heavy atom. The Bertz CT molecular complexity index is 901. The molecule has 1 heterocycles. The number of nitrogens with zero attached hydrogens (tertiary/aromatic N) is 4. The third-order valence-corrected chi connectivity index (χ3v) is 5.57. The molecule has 0 aliphatic carbocycles. The lowest BCUT2D eigenvalue weighted by atomic mass is 10.0. The van der Waals surface area contributed by atoms with Crippen molar-refractivity contribution in [2.75, 3.05) is 14.1 Å². The van der Waals surface area contributed by atoms with Crippen molar-refractivity contribution in [3.63, 3.8) is 0 Å². The highest BCUT2D eigenvalue weighted by Gasteiger charge is 2.18. The zero-order valence-electron chi connectivity index (χ0n) is 14.6. The smallest absolute Gasteiger partial charge is 0.257 e. The standard InChI is InChI=1S/C17H20N4O3S/c1-5-14-15(11-18)17(20-19-16(14)6-2)24-12-7-9-13(10-8-12)25(22,23)21(3)4/h7-10H,5-6H2,1-4H3. The van der Waals surface area contributed by atoms with Gasteiger partial charge in [-0.2, -0.15) is 10.4 Å². The molecule has 0 bridgehead atoms. The summed E-state index contributed by atoms with van der Waals surface area (Å²) in [5, 5.41) is 17.6. The van der Waals surface area contributed by atoms with Crippen LogP contribution in [0.2, 0.25) is 0 Å². The molecule has 0 aliphatic rings. The van der Waals surface area contributed by atoms with E-state index in [9.17, 15) is 13.7 Å². The lowest BCUT2D eigenvalue weighted by molar-refractivity contribution is 0.450. The molecule has 0 amide bonds. The van der Waals surface area contributed by atoms with Crippen molar-refractivity contribution >= 4 is 10.0 Å². The van der Waals surface area contributed by atoms with Crippen LogP contribution in [0.1, 0.15) is 30.7 Å². The van der Waals surface area contributed by atoms with Gasteiger partial charge in [-0.05, 0) is 42.7 Å². The summed E-state index contributed by atoms with van der Waals surface area (Å²) >= 11 is 0. The maximum absolute atomic E-state index is 12.1. The summed E-state index contributed by atoms with van der Waals surface area (Å²) in [5.74, 6) is 0.509. The minimum atomic E-state index is -3.50. The fraction of sp³-hybridized carbons (Fsp3) is 0.353. The fourth-order valence-corrected chi connectivity index (χ4v) is 3.24. The van der Waals surface area contributed by atoms with E-state index in [0.717, 1.165) is 15.6 Å². The molecule has 1 aromatic carbocycles. The molecule has 0 saturated carbocycles. The zero-order valence-corrected chi connectivity index (χ0v) is 15.5.